The first-order chi connectivity index (χ1) is 14.4. The predicted octanol–water partition coefficient (Wildman–Crippen LogP) is 2.52. The summed E-state index contributed by atoms with van der Waals surface area (Å²) >= 11 is 0. The van der Waals surface area contributed by atoms with E-state index in [0.717, 1.165) is 17.7 Å². The summed E-state index contributed by atoms with van der Waals surface area (Å²) in [4.78, 5) is 29.6. The number of hydrogen-bond donors (Lipinski definition) is 1. The predicted molar refractivity (Wildman–Crippen MR) is 116 cm³/mol. The van der Waals surface area contributed by atoms with E-state index >= 15 is 0 Å². The maximum atomic E-state index is 12.9. The van der Waals surface area contributed by atoms with Crippen molar-refractivity contribution in [2.45, 2.75) is 53.2 Å². The molecule has 8 heteroatoms. The number of rotatable bonds is 9. The molecule has 1 aromatic carbocycles. The van der Waals surface area contributed by atoms with E-state index in [-0.39, 0.29) is 30.5 Å². The minimum absolute atomic E-state index is 0.0960. The van der Waals surface area contributed by atoms with E-state index in [4.69, 9.17) is 4.74 Å². The second-order valence-electron chi connectivity index (χ2n) is 7.62. The van der Waals surface area contributed by atoms with Crippen molar-refractivity contribution >= 4 is 16.9 Å². The number of nitrogens with zero attached hydrogens (tertiary/aromatic N) is 4. The molecule has 30 heavy (non-hydrogen) atoms. The van der Waals surface area contributed by atoms with Crippen LogP contribution < -0.4 is 10.9 Å². The lowest BCUT2D eigenvalue weighted by molar-refractivity contribution is -0.121. The normalized spacial score (nSPS) is 11.4. The van der Waals surface area contributed by atoms with Gasteiger partial charge in [0.1, 0.15) is 11.2 Å². The Morgan fingerprint density at radius 2 is 1.93 bits per heavy atom. The van der Waals surface area contributed by atoms with Crippen molar-refractivity contribution in [3.63, 3.8) is 0 Å². The van der Waals surface area contributed by atoms with E-state index in [0.29, 0.717) is 30.0 Å². The molecule has 2 heterocycles. The smallest absolute Gasteiger partial charge is 0.264 e. The van der Waals surface area contributed by atoms with Crippen LogP contribution in [0.1, 0.15) is 38.1 Å². The summed E-state index contributed by atoms with van der Waals surface area (Å²) in [6.07, 6.45) is 2.70. The summed E-state index contributed by atoms with van der Waals surface area (Å²) in [6, 6.07) is 7.87. The number of carbonyl (C=O) groups excluding carboxylic acids is 1. The highest BCUT2D eigenvalue weighted by Gasteiger charge is 2.15. The van der Waals surface area contributed by atoms with Gasteiger partial charge in [-0.2, -0.15) is 5.10 Å². The number of nitrogens with one attached hydrogen (secondary N) is 1. The number of fused-ring (bicyclic) bond motifs is 1. The van der Waals surface area contributed by atoms with E-state index in [9.17, 15) is 9.59 Å². The van der Waals surface area contributed by atoms with Gasteiger partial charge in [-0.25, -0.2) is 9.67 Å². The zero-order valence-corrected chi connectivity index (χ0v) is 18.0. The molecule has 0 spiro atoms. The molecule has 0 aliphatic rings. The highest BCUT2D eigenvalue weighted by atomic mass is 16.5. The van der Waals surface area contributed by atoms with Crippen LogP contribution >= 0.6 is 0 Å². The van der Waals surface area contributed by atoms with Gasteiger partial charge in [0.25, 0.3) is 5.56 Å². The summed E-state index contributed by atoms with van der Waals surface area (Å²) in [5, 5.41) is 7.65. The van der Waals surface area contributed by atoms with E-state index in [2.05, 4.69) is 15.4 Å². The Balaban J connectivity index is 1.68. The van der Waals surface area contributed by atoms with Gasteiger partial charge in [-0.1, -0.05) is 17.7 Å². The van der Waals surface area contributed by atoms with Gasteiger partial charge in [-0.15, -0.1) is 0 Å². The first-order valence-corrected chi connectivity index (χ1v) is 10.3. The lowest BCUT2D eigenvalue weighted by Crippen LogP contribution is -2.30. The monoisotopic (exact) mass is 411 g/mol. The van der Waals surface area contributed by atoms with Crippen molar-refractivity contribution in [1.82, 2.24) is 24.6 Å². The summed E-state index contributed by atoms with van der Waals surface area (Å²) in [5.74, 6) is 0.459. The van der Waals surface area contributed by atoms with Crippen molar-refractivity contribution in [3.05, 3.63) is 52.2 Å². The van der Waals surface area contributed by atoms with Crippen LogP contribution in [0.4, 0.5) is 0 Å². The average Bonchev–Trinajstić information content (AvgIpc) is 3.11. The number of ether oxygens (including phenoxy) is 1. The second kappa shape index (κ2) is 9.67. The quantitative estimate of drug-likeness (QED) is 0.547. The molecule has 0 saturated carbocycles. The lowest BCUT2D eigenvalue weighted by Gasteiger charge is -2.11. The van der Waals surface area contributed by atoms with Crippen LogP contribution in [0.3, 0.4) is 0 Å². The molecule has 0 fully saturated rings. The van der Waals surface area contributed by atoms with Crippen molar-refractivity contribution in [2.75, 3.05) is 13.2 Å². The standard InChI is InChI=1S/C22H29N5O3/c1-15(2)30-13-5-11-23-20(28)10-12-26-17(4)25-21-19(22(26)29)14-24-27(21)18-8-6-16(3)7-9-18/h6-9,14-15H,5,10-13H2,1-4H3,(H,23,28). The molecule has 0 aliphatic heterocycles. The van der Waals surface area contributed by atoms with E-state index < -0.39 is 0 Å². The third-order valence-electron chi connectivity index (χ3n) is 4.81. The van der Waals surface area contributed by atoms with Crippen molar-refractivity contribution < 1.29 is 9.53 Å². The van der Waals surface area contributed by atoms with Crippen LogP contribution in [0.25, 0.3) is 16.7 Å². The molecule has 3 rings (SSSR count). The number of hydrogen-bond acceptors (Lipinski definition) is 5. The molecule has 0 saturated heterocycles. The second-order valence-corrected chi connectivity index (χ2v) is 7.62. The Labute approximate surface area is 175 Å². The van der Waals surface area contributed by atoms with Crippen molar-refractivity contribution in [3.8, 4) is 5.69 Å². The molecule has 0 radical (unpaired) electrons. The van der Waals surface area contributed by atoms with Gasteiger partial charge in [0.05, 0.1) is 18.0 Å². The molecule has 8 nitrogen and oxygen atoms in total. The zero-order valence-electron chi connectivity index (χ0n) is 18.0. The van der Waals surface area contributed by atoms with Gasteiger partial charge in [0, 0.05) is 26.1 Å². The Hall–Kier alpha value is -3.00. The zero-order chi connectivity index (χ0) is 21.7. The highest BCUT2D eigenvalue weighted by molar-refractivity contribution is 5.76. The third kappa shape index (κ3) is 5.13. The molecule has 1 N–H and O–H groups in total. The lowest BCUT2D eigenvalue weighted by atomic mass is 10.2. The first kappa shape index (κ1) is 21.7. The molecule has 1 amide bonds. The van der Waals surface area contributed by atoms with Crippen LogP contribution in [0, 0.1) is 13.8 Å². The van der Waals surface area contributed by atoms with Gasteiger partial charge in [-0.3, -0.25) is 14.2 Å². The van der Waals surface area contributed by atoms with Crippen LogP contribution in [-0.2, 0) is 16.1 Å². The van der Waals surface area contributed by atoms with E-state index in [1.807, 2.05) is 45.0 Å². The molecule has 0 bridgehead atoms. The molecule has 0 aliphatic carbocycles. The van der Waals surface area contributed by atoms with Gasteiger partial charge < -0.3 is 10.1 Å². The SMILES string of the molecule is Cc1ccc(-n2ncc3c(=O)n(CCC(=O)NCCCOC(C)C)c(C)nc32)cc1. The fourth-order valence-corrected chi connectivity index (χ4v) is 3.17. The van der Waals surface area contributed by atoms with Crippen molar-refractivity contribution in [1.29, 1.82) is 0 Å². The Morgan fingerprint density at radius 1 is 1.20 bits per heavy atom. The Morgan fingerprint density at radius 3 is 2.63 bits per heavy atom. The van der Waals surface area contributed by atoms with Gasteiger partial charge in [0.15, 0.2) is 5.65 Å². The fourth-order valence-electron chi connectivity index (χ4n) is 3.17. The number of aromatic nitrogens is 4. The van der Waals surface area contributed by atoms with Crippen LogP contribution in [0.2, 0.25) is 0 Å². The van der Waals surface area contributed by atoms with Crippen LogP contribution in [-0.4, -0.2) is 44.5 Å². The van der Waals surface area contributed by atoms with E-state index in [1.54, 1.807) is 11.6 Å². The molecule has 0 atom stereocenters. The van der Waals surface area contributed by atoms with Gasteiger partial charge in [0.2, 0.25) is 5.91 Å². The molecule has 2 aromatic heterocycles. The topological polar surface area (TPSA) is 91.0 Å². The molecule has 3 aromatic rings. The summed E-state index contributed by atoms with van der Waals surface area (Å²) in [7, 11) is 0. The maximum absolute atomic E-state index is 12.9. The largest absolute Gasteiger partial charge is 0.379 e. The average molecular weight is 412 g/mol. The Kier molecular flexibility index (Phi) is 6.99. The Bertz CT molecular complexity index is 1070. The van der Waals surface area contributed by atoms with Crippen LogP contribution in [0.5, 0.6) is 0 Å². The maximum Gasteiger partial charge on any atom is 0.264 e. The molecule has 0 unspecified atom stereocenters. The minimum atomic E-state index is -0.186. The number of carbonyl (C=O) groups is 1. The number of aryl methyl sites for hydroxylation is 2. The number of benzene rings is 1. The molecular formula is C22H29N5O3. The molecule has 160 valence electrons. The fraction of sp³-hybridized carbons (Fsp3) is 0.455. The van der Waals surface area contributed by atoms with Gasteiger partial charge >= 0.3 is 0 Å². The van der Waals surface area contributed by atoms with Gasteiger partial charge in [-0.05, 0) is 46.2 Å². The summed E-state index contributed by atoms with van der Waals surface area (Å²) < 4.78 is 8.65. The summed E-state index contributed by atoms with van der Waals surface area (Å²) in [5.41, 5.74) is 2.33. The van der Waals surface area contributed by atoms with Crippen molar-refractivity contribution in [2.24, 2.45) is 0 Å². The highest BCUT2D eigenvalue weighted by Crippen LogP contribution is 2.15. The van der Waals surface area contributed by atoms with Crippen LogP contribution in [0.15, 0.2) is 35.3 Å². The minimum Gasteiger partial charge on any atom is -0.379 e. The first-order valence-electron chi connectivity index (χ1n) is 10.3. The number of amides is 1. The molecular weight excluding hydrogens is 382 g/mol. The summed E-state index contributed by atoms with van der Waals surface area (Å²) in [6.45, 7) is 9.19. The van der Waals surface area contributed by atoms with E-state index in [1.165, 1.54) is 10.8 Å². The third-order valence-corrected chi connectivity index (χ3v) is 4.81.